The lowest BCUT2D eigenvalue weighted by Gasteiger charge is -2.17. The number of fused-ring (bicyclic) bond motifs is 1. The molecule has 0 aliphatic rings. The molecule has 0 spiro atoms. The summed E-state index contributed by atoms with van der Waals surface area (Å²) in [5.74, 6) is 0.924. The van der Waals surface area contributed by atoms with Crippen LogP contribution in [0.5, 0.6) is 17.2 Å². The van der Waals surface area contributed by atoms with Gasteiger partial charge in [0.05, 0.1) is 30.0 Å². The average Bonchev–Trinajstić information content (AvgIpc) is 3.11. The van der Waals surface area contributed by atoms with E-state index >= 15 is 0 Å². The highest BCUT2D eigenvalue weighted by Crippen LogP contribution is 2.39. The topological polar surface area (TPSA) is 81.7 Å². The van der Waals surface area contributed by atoms with Gasteiger partial charge in [0.2, 0.25) is 5.75 Å². The molecule has 3 rings (SSSR count). The molecule has 0 atom stereocenters. The van der Waals surface area contributed by atoms with Crippen molar-refractivity contribution in [2.75, 3.05) is 25.1 Å². The maximum atomic E-state index is 12.8. The summed E-state index contributed by atoms with van der Waals surface area (Å²) < 4.78 is 17.9. The van der Waals surface area contributed by atoms with Crippen molar-refractivity contribution >= 4 is 61.5 Å². The van der Waals surface area contributed by atoms with Gasteiger partial charge in [-0.1, -0.05) is 22.9 Å². The van der Waals surface area contributed by atoms with Gasteiger partial charge in [-0.3, -0.25) is 10.1 Å². The van der Waals surface area contributed by atoms with Gasteiger partial charge in [0.25, 0.3) is 5.91 Å². The number of halogens is 1. The van der Waals surface area contributed by atoms with Crippen molar-refractivity contribution < 1.29 is 19.0 Å². The number of hydrogen-bond donors (Lipinski definition) is 2. The van der Waals surface area contributed by atoms with E-state index < -0.39 is 5.91 Å². The van der Waals surface area contributed by atoms with Crippen molar-refractivity contribution in [3.8, 4) is 17.2 Å². The van der Waals surface area contributed by atoms with Gasteiger partial charge < -0.3 is 19.5 Å². The molecular weight excluding hydrogens is 458 g/mol. The molecule has 7 nitrogen and oxygen atoms in total. The van der Waals surface area contributed by atoms with Crippen LogP contribution in [0.4, 0.5) is 5.13 Å². The maximum absolute atomic E-state index is 12.8. The lowest BCUT2D eigenvalue weighted by molar-refractivity contribution is 0.0976. The van der Waals surface area contributed by atoms with Crippen molar-refractivity contribution in [1.29, 1.82) is 0 Å². The van der Waals surface area contributed by atoms with E-state index in [4.69, 9.17) is 38.0 Å². The Kier molecular flexibility index (Phi) is 7.89. The Bertz CT molecular complexity index is 1080. The molecule has 0 fully saturated rings. The van der Waals surface area contributed by atoms with Crippen LogP contribution in [0.25, 0.3) is 10.2 Å². The fourth-order valence-corrected chi connectivity index (χ4v) is 4.18. The number of ether oxygens (including phenoxy) is 3. The number of thiocarbonyl (C=S) groups is 1. The summed E-state index contributed by atoms with van der Waals surface area (Å²) in [7, 11) is 0. The lowest BCUT2D eigenvalue weighted by Crippen LogP contribution is -2.34. The molecule has 31 heavy (non-hydrogen) atoms. The molecule has 3 aromatic rings. The summed E-state index contributed by atoms with van der Waals surface area (Å²) in [5.41, 5.74) is 1.12. The minimum atomic E-state index is -0.411. The molecule has 10 heteroatoms. The number of benzene rings is 2. The molecule has 0 bridgehead atoms. The zero-order chi connectivity index (χ0) is 22.4. The van der Waals surface area contributed by atoms with Crippen molar-refractivity contribution in [2.45, 2.75) is 20.8 Å². The predicted octanol–water partition coefficient (Wildman–Crippen LogP) is 5.27. The largest absolute Gasteiger partial charge is 0.490 e. The molecule has 164 valence electrons. The molecular formula is C21H22ClN3O4S2. The quantitative estimate of drug-likeness (QED) is 0.426. The number of nitrogens with zero attached hydrogens (tertiary/aromatic N) is 1. The third-order valence-electron chi connectivity index (χ3n) is 3.97. The van der Waals surface area contributed by atoms with E-state index in [0.29, 0.717) is 52.8 Å². The molecule has 1 aromatic heterocycles. The van der Waals surface area contributed by atoms with Gasteiger partial charge >= 0.3 is 0 Å². The zero-order valence-corrected chi connectivity index (χ0v) is 19.7. The second-order valence-corrected chi connectivity index (χ2v) is 8.02. The van der Waals surface area contributed by atoms with Gasteiger partial charge in [-0.25, -0.2) is 4.98 Å². The first-order chi connectivity index (χ1) is 14.9. The van der Waals surface area contributed by atoms with Crippen LogP contribution in [0, 0.1) is 0 Å². The zero-order valence-electron chi connectivity index (χ0n) is 17.3. The van der Waals surface area contributed by atoms with Crippen molar-refractivity contribution in [1.82, 2.24) is 10.3 Å². The summed E-state index contributed by atoms with van der Waals surface area (Å²) in [5, 5.41) is 6.91. The van der Waals surface area contributed by atoms with E-state index in [9.17, 15) is 4.79 Å². The fraction of sp³-hybridized carbons (Fsp3) is 0.286. The number of hydrogen-bond acceptors (Lipinski definition) is 7. The Labute approximate surface area is 194 Å². The normalized spacial score (nSPS) is 10.6. The van der Waals surface area contributed by atoms with Crippen LogP contribution in [0.15, 0.2) is 30.3 Å². The summed E-state index contributed by atoms with van der Waals surface area (Å²) in [6.07, 6.45) is 0. The van der Waals surface area contributed by atoms with Gasteiger partial charge in [0, 0.05) is 10.6 Å². The highest BCUT2D eigenvalue weighted by molar-refractivity contribution is 7.80. The number of carbonyl (C=O) groups is 1. The molecule has 0 saturated carbocycles. The Hall–Kier alpha value is -2.62. The number of thiazole rings is 1. The van der Waals surface area contributed by atoms with E-state index in [1.807, 2.05) is 32.9 Å². The fourth-order valence-electron chi connectivity index (χ4n) is 2.78. The SMILES string of the molecule is CCOc1cc(C(=O)NC(=S)Nc2nc3ccc(Cl)cc3s2)cc(OCC)c1OCC. The average molecular weight is 480 g/mol. The smallest absolute Gasteiger partial charge is 0.257 e. The van der Waals surface area contributed by atoms with E-state index in [1.165, 1.54) is 11.3 Å². The molecule has 1 amide bonds. The third kappa shape index (κ3) is 5.75. The Morgan fingerprint density at radius 3 is 2.32 bits per heavy atom. The molecule has 1 heterocycles. The lowest BCUT2D eigenvalue weighted by atomic mass is 10.1. The number of nitrogens with one attached hydrogen (secondary N) is 2. The molecule has 0 aliphatic carbocycles. The van der Waals surface area contributed by atoms with Crippen molar-refractivity contribution in [3.05, 3.63) is 40.9 Å². The second-order valence-electron chi connectivity index (χ2n) is 6.14. The number of aromatic nitrogens is 1. The first-order valence-corrected chi connectivity index (χ1v) is 11.3. The van der Waals surface area contributed by atoms with Crippen molar-refractivity contribution in [2.24, 2.45) is 0 Å². The van der Waals surface area contributed by atoms with Gasteiger partial charge in [0.1, 0.15) is 0 Å². The van der Waals surface area contributed by atoms with Crippen LogP contribution in [0.1, 0.15) is 31.1 Å². The Morgan fingerprint density at radius 2 is 1.71 bits per heavy atom. The molecule has 0 unspecified atom stereocenters. The highest BCUT2D eigenvalue weighted by atomic mass is 35.5. The van der Waals surface area contributed by atoms with Gasteiger partial charge in [-0.2, -0.15) is 0 Å². The van der Waals surface area contributed by atoms with Crippen LogP contribution < -0.4 is 24.8 Å². The minimum absolute atomic E-state index is 0.125. The summed E-state index contributed by atoms with van der Waals surface area (Å²) in [4.78, 5) is 17.3. The van der Waals surface area contributed by atoms with Crippen LogP contribution in [-0.2, 0) is 0 Å². The van der Waals surface area contributed by atoms with Crippen LogP contribution >= 0.6 is 35.2 Å². The van der Waals surface area contributed by atoms with E-state index in [1.54, 1.807) is 18.2 Å². The predicted molar refractivity (Wildman–Crippen MR) is 128 cm³/mol. The number of anilines is 1. The number of carbonyl (C=O) groups excluding carboxylic acids is 1. The summed E-state index contributed by atoms with van der Waals surface area (Å²) >= 11 is 12.7. The van der Waals surface area contributed by atoms with E-state index in [2.05, 4.69) is 15.6 Å². The first kappa shape index (κ1) is 23.1. The van der Waals surface area contributed by atoms with Crippen LogP contribution in [0.2, 0.25) is 5.02 Å². The van der Waals surface area contributed by atoms with Crippen molar-refractivity contribution in [3.63, 3.8) is 0 Å². The van der Waals surface area contributed by atoms with Gasteiger partial charge in [0.15, 0.2) is 21.7 Å². The van der Waals surface area contributed by atoms with Crippen LogP contribution in [-0.4, -0.2) is 35.8 Å². The third-order valence-corrected chi connectivity index (χ3v) is 5.34. The van der Waals surface area contributed by atoms with Crippen LogP contribution in [0.3, 0.4) is 0 Å². The molecule has 2 aromatic carbocycles. The van der Waals surface area contributed by atoms with Gasteiger partial charge in [-0.05, 0) is 63.3 Å². The Morgan fingerprint density at radius 1 is 1.06 bits per heavy atom. The molecule has 0 radical (unpaired) electrons. The summed E-state index contributed by atoms with van der Waals surface area (Å²) in [6, 6.07) is 8.63. The second kappa shape index (κ2) is 10.6. The number of amides is 1. The van der Waals surface area contributed by atoms with Gasteiger partial charge in [-0.15, -0.1) is 0 Å². The highest BCUT2D eigenvalue weighted by Gasteiger charge is 2.19. The maximum Gasteiger partial charge on any atom is 0.257 e. The molecule has 0 saturated heterocycles. The first-order valence-electron chi connectivity index (χ1n) is 9.70. The molecule has 0 aliphatic heterocycles. The Balaban J connectivity index is 1.78. The number of rotatable bonds is 8. The monoisotopic (exact) mass is 479 g/mol. The van der Waals surface area contributed by atoms with E-state index in [0.717, 1.165) is 10.2 Å². The molecule has 2 N–H and O–H groups in total. The minimum Gasteiger partial charge on any atom is -0.490 e. The summed E-state index contributed by atoms with van der Waals surface area (Å²) in [6.45, 7) is 6.84. The standard InChI is InChI=1S/C21H22ClN3O4S2/c1-4-27-15-9-12(10-16(28-5-2)18(15)29-6-3)19(26)24-20(30)25-21-23-14-8-7-13(22)11-17(14)31-21/h7-11H,4-6H2,1-3H3,(H2,23,24,25,26,30). The van der Waals surface area contributed by atoms with E-state index in [-0.39, 0.29) is 5.11 Å².